The Balaban J connectivity index is 2.99. The molecule has 1 rings (SSSR count). The fraction of sp³-hybridized carbons (Fsp3) is 0. The fourth-order valence-electron chi connectivity index (χ4n) is 1.19. The summed E-state index contributed by atoms with van der Waals surface area (Å²) in [6.07, 6.45) is 0. The van der Waals surface area contributed by atoms with Crippen LogP contribution in [0.5, 0.6) is 0 Å². The molecular weight excluding hydrogens is 236 g/mol. The second-order valence-corrected chi connectivity index (χ2v) is 3.16. The average Bonchev–Trinajstić information content (AvgIpc) is 2.42. The standard InChI is InChI=1S/C8H16N10/c9-15-7(16-10)13-5-2-1-3-6(4-5)14-8(17-11)18-12/h1-4H,9-12H2,(H2,13,15,16)(H2,14,17,18)/p+2. The molecule has 0 fully saturated rings. The second-order valence-electron chi connectivity index (χ2n) is 3.16. The molecule has 0 aliphatic carbocycles. The Morgan fingerprint density at radius 2 is 1.17 bits per heavy atom. The zero-order valence-corrected chi connectivity index (χ0v) is 9.62. The van der Waals surface area contributed by atoms with E-state index in [1.54, 1.807) is 6.07 Å². The number of nitrogens with two attached hydrogens (primary N) is 4. The van der Waals surface area contributed by atoms with E-state index in [0.717, 1.165) is 11.4 Å². The fourth-order valence-corrected chi connectivity index (χ4v) is 1.19. The van der Waals surface area contributed by atoms with E-state index in [1.165, 1.54) is 0 Å². The molecule has 0 aliphatic rings. The summed E-state index contributed by atoms with van der Waals surface area (Å²) in [5, 5.41) is 0. The monoisotopic (exact) mass is 254 g/mol. The first-order valence-electron chi connectivity index (χ1n) is 4.98. The Hall–Kier alpha value is -2.40. The van der Waals surface area contributed by atoms with Gasteiger partial charge in [0.1, 0.15) is 11.4 Å². The summed E-state index contributed by atoms with van der Waals surface area (Å²) < 4.78 is 0. The first-order valence-corrected chi connectivity index (χ1v) is 4.98. The summed E-state index contributed by atoms with van der Waals surface area (Å²) in [5.74, 6) is 21.6. The first kappa shape index (κ1) is 13.7. The molecule has 0 aromatic heterocycles. The van der Waals surface area contributed by atoms with E-state index in [1.807, 2.05) is 18.2 Å². The molecule has 0 unspecified atom stereocenters. The van der Waals surface area contributed by atoms with Crippen LogP contribution in [0.2, 0.25) is 0 Å². The van der Waals surface area contributed by atoms with Gasteiger partial charge in [-0.1, -0.05) is 6.07 Å². The third-order valence-corrected chi connectivity index (χ3v) is 1.98. The van der Waals surface area contributed by atoms with Crippen LogP contribution in [-0.4, -0.2) is 11.9 Å². The predicted molar refractivity (Wildman–Crippen MR) is 67.0 cm³/mol. The summed E-state index contributed by atoms with van der Waals surface area (Å²) in [6, 6.07) is 7.26. The summed E-state index contributed by atoms with van der Waals surface area (Å²) in [6.45, 7) is 0. The SMILES string of the molecule is NNC(NN)=[NH+]c1cccc([NH+]=C(NN)NN)c1. The number of hydrazine groups is 4. The van der Waals surface area contributed by atoms with Crippen molar-refractivity contribution >= 4 is 23.3 Å². The van der Waals surface area contributed by atoms with Crippen LogP contribution in [0.15, 0.2) is 24.3 Å². The van der Waals surface area contributed by atoms with Gasteiger partial charge in [0.2, 0.25) is 0 Å². The molecule has 0 saturated heterocycles. The van der Waals surface area contributed by atoms with Gasteiger partial charge in [0.05, 0.1) is 0 Å². The molecule has 0 amide bonds. The maximum absolute atomic E-state index is 5.23. The molecule has 0 aliphatic heterocycles. The summed E-state index contributed by atoms with van der Waals surface area (Å²) in [7, 11) is 0. The molecule has 0 bridgehead atoms. The minimum Gasteiger partial charge on any atom is -0.243 e. The van der Waals surface area contributed by atoms with Gasteiger partial charge in [0.15, 0.2) is 0 Å². The highest BCUT2D eigenvalue weighted by Crippen LogP contribution is 2.03. The van der Waals surface area contributed by atoms with Crippen LogP contribution < -0.4 is 55.1 Å². The van der Waals surface area contributed by atoms with Crippen molar-refractivity contribution in [3.8, 4) is 0 Å². The quantitative estimate of drug-likeness (QED) is 0.107. The van der Waals surface area contributed by atoms with E-state index in [9.17, 15) is 0 Å². The van der Waals surface area contributed by atoms with Gasteiger partial charge in [-0.25, -0.2) is 31.7 Å². The lowest BCUT2D eigenvalue weighted by atomic mass is 10.3. The highest BCUT2D eigenvalue weighted by atomic mass is 15.4. The minimum absolute atomic E-state index is 0.352. The Morgan fingerprint density at radius 1 is 0.778 bits per heavy atom. The van der Waals surface area contributed by atoms with Crippen molar-refractivity contribution in [1.29, 1.82) is 0 Å². The number of benzene rings is 1. The van der Waals surface area contributed by atoms with Crippen molar-refractivity contribution in [2.45, 2.75) is 0 Å². The number of hydrogen-bond donors (Lipinski definition) is 10. The third-order valence-electron chi connectivity index (χ3n) is 1.98. The van der Waals surface area contributed by atoms with Gasteiger partial charge in [-0.05, 0) is 12.1 Å². The van der Waals surface area contributed by atoms with Crippen molar-refractivity contribution < 1.29 is 9.98 Å². The second kappa shape index (κ2) is 7.03. The number of rotatable bonds is 2. The van der Waals surface area contributed by atoms with E-state index in [-0.39, 0.29) is 0 Å². The van der Waals surface area contributed by atoms with Gasteiger partial charge in [-0.2, -0.15) is 23.4 Å². The Bertz CT molecular complexity index is 390. The topological polar surface area (TPSA) is 180 Å². The van der Waals surface area contributed by atoms with E-state index < -0.39 is 0 Å². The zero-order chi connectivity index (χ0) is 13.4. The molecule has 10 heteroatoms. The normalized spacial score (nSPS) is 9.11. The smallest absolute Gasteiger partial charge is 0.243 e. The van der Waals surface area contributed by atoms with Crippen LogP contribution in [0.3, 0.4) is 0 Å². The van der Waals surface area contributed by atoms with Gasteiger partial charge in [0, 0.05) is 6.07 Å². The molecule has 10 nitrogen and oxygen atoms in total. The molecule has 0 saturated carbocycles. The number of nitrogens with one attached hydrogen (secondary N) is 6. The lowest BCUT2D eigenvalue weighted by molar-refractivity contribution is -0.369. The minimum atomic E-state index is 0.352. The predicted octanol–water partition coefficient (Wildman–Crippen LogP) is -6.32. The van der Waals surface area contributed by atoms with Crippen LogP contribution in [0.1, 0.15) is 0 Å². The lowest BCUT2D eigenvalue weighted by Gasteiger charge is -1.99. The molecular formula is C8H18N10+2. The van der Waals surface area contributed by atoms with Crippen molar-refractivity contribution in [1.82, 2.24) is 21.7 Å². The van der Waals surface area contributed by atoms with Crippen LogP contribution in [0, 0.1) is 0 Å². The van der Waals surface area contributed by atoms with E-state index in [0.29, 0.717) is 11.9 Å². The molecule has 14 N–H and O–H groups in total. The van der Waals surface area contributed by atoms with E-state index in [4.69, 9.17) is 23.4 Å². The Kier molecular flexibility index (Phi) is 5.34. The van der Waals surface area contributed by atoms with Gasteiger partial charge < -0.3 is 0 Å². The van der Waals surface area contributed by atoms with Crippen LogP contribution in [0.25, 0.3) is 0 Å². The van der Waals surface area contributed by atoms with Gasteiger partial charge >= 0.3 is 11.9 Å². The van der Waals surface area contributed by atoms with Crippen LogP contribution in [-0.2, 0) is 0 Å². The Morgan fingerprint density at radius 3 is 1.50 bits per heavy atom. The maximum Gasteiger partial charge on any atom is 0.382 e. The van der Waals surface area contributed by atoms with Crippen molar-refractivity contribution in [3.05, 3.63) is 24.3 Å². The summed E-state index contributed by atoms with van der Waals surface area (Å²) >= 11 is 0. The molecule has 0 heterocycles. The molecule has 0 atom stereocenters. The zero-order valence-electron chi connectivity index (χ0n) is 9.62. The molecule has 0 radical (unpaired) electrons. The molecule has 18 heavy (non-hydrogen) atoms. The highest BCUT2D eigenvalue weighted by molar-refractivity contribution is 5.74. The molecule has 1 aromatic carbocycles. The average molecular weight is 254 g/mol. The van der Waals surface area contributed by atoms with Crippen LogP contribution in [0.4, 0.5) is 11.4 Å². The molecule has 98 valence electrons. The van der Waals surface area contributed by atoms with Gasteiger partial charge in [0.25, 0.3) is 0 Å². The van der Waals surface area contributed by atoms with Crippen molar-refractivity contribution in [3.63, 3.8) is 0 Å². The highest BCUT2D eigenvalue weighted by Gasteiger charge is 2.03. The van der Waals surface area contributed by atoms with Crippen LogP contribution >= 0.6 is 0 Å². The molecule has 0 spiro atoms. The lowest BCUT2D eigenvalue weighted by Crippen LogP contribution is -2.78. The summed E-state index contributed by atoms with van der Waals surface area (Å²) in [5.41, 5.74) is 10.9. The van der Waals surface area contributed by atoms with Gasteiger partial charge in [-0.15, -0.1) is 0 Å². The van der Waals surface area contributed by atoms with Crippen molar-refractivity contribution in [2.75, 3.05) is 0 Å². The molecule has 1 aromatic rings. The maximum atomic E-state index is 5.23. The largest absolute Gasteiger partial charge is 0.382 e. The number of hydrogen-bond acceptors (Lipinski definition) is 4. The Labute approximate surface area is 103 Å². The third kappa shape index (κ3) is 3.88. The first-order chi connectivity index (χ1) is 8.73. The summed E-state index contributed by atoms with van der Waals surface area (Å²) in [4.78, 5) is 5.84. The van der Waals surface area contributed by atoms with Crippen molar-refractivity contribution in [2.24, 2.45) is 23.4 Å². The van der Waals surface area contributed by atoms with E-state index >= 15 is 0 Å². The van der Waals surface area contributed by atoms with Gasteiger partial charge in [-0.3, -0.25) is 0 Å². The van der Waals surface area contributed by atoms with E-state index in [2.05, 4.69) is 31.7 Å². The number of guanidine groups is 2.